The average Bonchev–Trinajstić information content (AvgIpc) is 2.43. The molecule has 1 fully saturated rings. The summed E-state index contributed by atoms with van der Waals surface area (Å²) in [4.78, 5) is 18.0. The second-order valence-corrected chi connectivity index (χ2v) is 4.47. The summed E-state index contributed by atoms with van der Waals surface area (Å²) in [5.74, 6) is 0.831. The zero-order chi connectivity index (χ0) is 13.8. The molecule has 1 atom stereocenters. The second kappa shape index (κ2) is 5.75. The van der Waals surface area contributed by atoms with Gasteiger partial charge in [0.2, 0.25) is 5.91 Å². The zero-order valence-electron chi connectivity index (χ0n) is 10.9. The topological polar surface area (TPSA) is 106 Å². The first kappa shape index (κ1) is 13.4. The molecule has 104 valence electrons. The third-order valence-corrected chi connectivity index (χ3v) is 3.02. The minimum atomic E-state index is -0.367. The van der Waals surface area contributed by atoms with Crippen LogP contribution in [-0.4, -0.2) is 48.1 Å². The predicted octanol–water partition coefficient (Wildman–Crippen LogP) is -0.0948. The number of hydrogen-bond donors (Lipinski definition) is 3. The molecular formula is C12H19N5O2. The van der Waals surface area contributed by atoms with E-state index in [1.165, 1.54) is 0 Å². The zero-order valence-corrected chi connectivity index (χ0v) is 10.9. The Morgan fingerprint density at radius 1 is 1.42 bits per heavy atom. The summed E-state index contributed by atoms with van der Waals surface area (Å²) < 4.78 is 5.22. The second-order valence-electron chi connectivity index (χ2n) is 4.47. The highest BCUT2D eigenvalue weighted by Crippen LogP contribution is 2.15. The Morgan fingerprint density at radius 2 is 2.11 bits per heavy atom. The molecule has 1 amide bonds. The summed E-state index contributed by atoms with van der Waals surface area (Å²) in [6.45, 7) is 4.23. The quantitative estimate of drug-likeness (QED) is 0.705. The number of rotatable bonds is 3. The Hall–Kier alpha value is -2.02. The van der Waals surface area contributed by atoms with Gasteiger partial charge in [0.15, 0.2) is 0 Å². The fourth-order valence-electron chi connectivity index (χ4n) is 1.91. The molecule has 1 saturated heterocycles. The van der Waals surface area contributed by atoms with Gasteiger partial charge in [-0.3, -0.25) is 4.79 Å². The van der Waals surface area contributed by atoms with Gasteiger partial charge in [0.25, 0.3) is 0 Å². The van der Waals surface area contributed by atoms with E-state index in [9.17, 15) is 4.79 Å². The van der Waals surface area contributed by atoms with Crippen LogP contribution >= 0.6 is 0 Å². The Morgan fingerprint density at radius 3 is 2.74 bits per heavy atom. The van der Waals surface area contributed by atoms with Crippen LogP contribution in [0.4, 0.5) is 17.3 Å². The maximum absolute atomic E-state index is 12.2. The van der Waals surface area contributed by atoms with E-state index in [0.29, 0.717) is 37.8 Å². The van der Waals surface area contributed by atoms with Gasteiger partial charge in [-0.15, -0.1) is 0 Å². The van der Waals surface area contributed by atoms with Gasteiger partial charge in [-0.25, -0.2) is 4.98 Å². The van der Waals surface area contributed by atoms with Crippen LogP contribution in [0, 0.1) is 0 Å². The van der Waals surface area contributed by atoms with Gasteiger partial charge in [-0.05, 0) is 19.1 Å². The van der Waals surface area contributed by atoms with Crippen molar-refractivity contribution in [2.45, 2.75) is 13.0 Å². The Balaban J connectivity index is 1.97. The fraction of sp³-hybridized carbons (Fsp3) is 0.500. The Kier molecular flexibility index (Phi) is 4.06. The molecule has 0 aromatic carbocycles. The van der Waals surface area contributed by atoms with Crippen molar-refractivity contribution in [3.8, 4) is 0 Å². The maximum Gasteiger partial charge on any atom is 0.244 e. The van der Waals surface area contributed by atoms with Crippen LogP contribution in [0.2, 0.25) is 0 Å². The van der Waals surface area contributed by atoms with Crippen molar-refractivity contribution in [2.24, 2.45) is 0 Å². The number of hydrogen-bond acceptors (Lipinski definition) is 6. The van der Waals surface area contributed by atoms with Crippen molar-refractivity contribution in [1.82, 2.24) is 9.88 Å². The first-order chi connectivity index (χ1) is 9.08. The molecule has 1 aromatic rings. The lowest BCUT2D eigenvalue weighted by Gasteiger charge is -2.29. The van der Waals surface area contributed by atoms with Crippen LogP contribution < -0.4 is 16.8 Å². The van der Waals surface area contributed by atoms with Crippen LogP contribution in [0.1, 0.15) is 6.92 Å². The minimum absolute atomic E-state index is 0.0282. The molecule has 1 aliphatic rings. The lowest BCUT2D eigenvalue weighted by molar-refractivity contribution is -0.135. The number of anilines is 3. The number of nitrogen functional groups attached to an aromatic ring is 2. The van der Waals surface area contributed by atoms with Crippen LogP contribution in [0.15, 0.2) is 12.1 Å². The van der Waals surface area contributed by atoms with E-state index in [2.05, 4.69) is 10.3 Å². The van der Waals surface area contributed by atoms with Gasteiger partial charge in [0, 0.05) is 13.1 Å². The molecule has 1 aliphatic heterocycles. The molecule has 0 radical (unpaired) electrons. The van der Waals surface area contributed by atoms with Gasteiger partial charge >= 0.3 is 0 Å². The number of carbonyl (C=O) groups excluding carboxylic acids is 1. The summed E-state index contributed by atoms with van der Waals surface area (Å²) in [6.07, 6.45) is 0. The van der Waals surface area contributed by atoms with Crippen molar-refractivity contribution < 1.29 is 9.53 Å². The van der Waals surface area contributed by atoms with E-state index < -0.39 is 0 Å². The standard InChI is InChI=1S/C12H19N5O2/c1-8(12(18)17-4-6-19-7-5-17)15-10-3-2-9(13)11(14)16-10/h2-3,8H,4-7,13H2,1H3,(H3,14,15,16). The van der Waals surface area contributed by atoms with Crippen molar-refractivity contribution in [3.63, 3.8) is 0 Å². The van der Waals surface area contributed by atoms with Crippen LogP contribution in [-0.2, 0) is 9.53 Å². The molecule has 0 spiro atoms. The van der Waals surface area contributed by atoms with Gasteiger partial charge < -0.3 is 26.4 Å². The molecule has 7 heteroatoms. The number of nitrogens with two attached hydrogens (primary N) is 2. The lowest BCUT2D eigenvalue weighted by atomic mass is 10.2. The van der Waals surface area contributed by atoms with Crippen molar-refractivity contribution >= 4 is 23.2 Å². The highest BCUT2D eigenvalue weighted by molar-refractivity contribution is 5.84. The average molecular weight is 265 g/mol. The van der Waals surface area contributed by atoms with E-state index >= 15 is 0 Å². The van der Waals surface area contributed by atoms with Crippen LogP contribution in [0.3, 0.4) is 0 Å². The number of amides is 1. The number of nitrogens with one attached hydrogen (secondary N) is 1. The summed E-state index contributed by atoms with van der Waals surface area (Å²) in [5.41, 5.74) is 11.6. The van der Waals surface area contributed by atoms with Crippen molar-refractivity contribution in [3.05, 3.63) is 12.1 Å². The summed E-state index contributed by atoms with van der Waals surface area (Å²) in [7, 11) is 0. The van der Waals surface area contributed by atoms with E-state index in [1.54, 1.807) is 24.0 Å². The van der Waals surface area contributed by atoms with Gasteiger partial charge in [0.05, 0.1) is 18.9 Å². The summed E-state index contributed by atoms with van der Waals surface area (Å²) in [6, 6.07) is 3.00. The van der Waals surface area contributed by atoms with Gasteiger partial charge in [-0.1, -0.05) is 0 Å². The number of carbonyl (C=O) groups is 1. The Labute approximate surface area is 111 Å². The molecule has 1 aromatic heterocycles. The monoisotopic (exact) mass is 265 g/mol. The highest BCUT2D eigenvalue weighted by Gasteiger charge is 2.22. The molecule has 1 unspecified atom stereocenters. The first-order valence-corrected chi connectivity index (χ1v) is 6.23. The molecule has 2 heterocycles. The van der Waals surface area contributed by atoms with Crippen LogP contribution in [0.5, 0.6) is 0 Å². The number of aromatic nitrogens is 1. The predicted molar refractivity (Wildman–Crippen MR) is 73.5 cm³/mol. The highest BCUT2D eigenvalue weighted by atomic mass is 16.5. The molecule has 5 N–H and O–H groups in total. The number of pyridine rings is 1. The largest absolute Gasteiger partial charge is 0.396 e. The number of nitrogens with zero attached hydrogens (tertiary/aromatic N) is 2. The van der Waals surface area contributed by atoms with Crippen molar-refractivity contribution in [1.29, 1.82) is 0 Å². The summed E-state index contributed by atoms with van der Waals surface area (Å²) >= 11 is 0. The van der Waals surface area contributed by atoms with E-state index in [4.69, 9.17) is 16.2 Å². The molecular weight excluding hydrogens is 246 g/mol. The molecule has 0 saturated carbocycles. The van der Waals surface area contributed by atoms with E-state index in [-0.39, 0.29) is 17.8 Å². The smallest absolute Gasteiger partial charge is 0.244 e. The first-order valence-electron chi connectivity index (χ1n) is 6.23. The molecule has 19 heavy (non-hydrogen) atoms. The third kappa shape index (κ3) is 3.25. The SMILES string of the molecule is CC(Nc1ccc(N)c(N)n1)C(=O)N1CCOCC1. The molecule has 7 nitrogen and oxygen atoms in total. The minimum Gasteiger partial charge on any atom is -0.396 e. The summed E-state index contributed by atoms with van der Waals surface area (Å²) in [5, 5.41) is 3.03. The van der Waals surface area contributed by atoms with Crippen LogP contribution in [0.25, 0.3) is 0 Å². The number of morpholine rings is 1. The molecule has 2 rings (SSSR count). The maximum atomic E-state index is 12.2. The normalized spacial score (nSPS) is 17.0. The lowest BCUT2D eigenvalue weighted by Crippen LogP contribution is -2.47. The van der Waals surface area contributed by atoms with Gasteiger partial charge in [-0.2, -0.15) is 0 Å². The van der Waals surface area contributed by atoms with E-state index in [0.717, 1.165) is 0 Å². The van der Waals surface area contributed by atoms with E-state index in [1.807, 2.05) is 0 Å². The van der Waals surface area contributed by atoms with Crippen molar-refractivity contribution in [2.75, 3.05) is 43.1 Å². The molecule has 0 bridgehead atoms. The fourth-order valence-corrected chi connectivity index (χ4v) is 1.91. The van der Waals surface area contributed by atoms with Gasteiger partial charge in [0.1, 0.15) is 17.7 Å². The molecule has 0 aliphatic carbocycles. The number of ether oxygens (including phenoxy) is 1. The Bertz CT molecular complexity index is 459. The third-order valence-electron chi connectivity index (χ3n) is 3.02.